The van der Waals surface area contributed by atoms with Crippen molar-refractivity contribution in [3.05, 3.63) is 48.2 Å². The number of rotatable bonds is 3. The van der Waals surface area contributed by atoms with Gasteiger partial charge in [0.25, 0.3) is 0 Å². The Morgan fingerprint density at radius 1 is 1.04 bits per heavy atom. The van der Waals surface area contributed by atoms with E-state index in [1.807, 2.05) is 6.20 Å². The first kappa shape index (κ1) is 15.7. The van der Waals surface area contributed by atoms with E-state index in [4.69, 9.17) is 9.84 Å². The van der Waals surface area contributed by atoms with E-state index >= 15 is 0 Å². The molecule has 0 aliphatic carbocycles. The predicted octanol–water partition coefficient (Wildman–Crippen LogP) is 1.68. The first-order chi connectivity index (χ1) is 12.8. The maximum atomic E-state index is 5.50. The molecule has 2 aliphatic heterocycles. The highest BCUT2D eigenvalue weighted by Gasteiger charge is 2.20. The fourth-order valence-electron chi connectivity index (χ4n) is 3.79. The normalized spacial score (nSPS) is 18.2. The highest BCUT2D eigenvalue weighted by Crippen LogP contribution is 2.22. The summed E-state index contributed by atoms with van der Waals surface area (Å²) in [6.45, 7) is 7.38. The third-order valence-electron chi connectivity index (χ3n) is 5.22. The van der Waals surface area contributed by atoms with Gasteiger partial charge in [0, 0.05) is 50.0 Å². The topological polar surface area (TPSA) is 59.3 Å². The van der Waals surface area contributed by atoms with Crippen molar-refractivity contribution >= 4 is 16.6 Å². The van der Waals surface area contributed by atoms with Crippen molar-refractivity contribution < 1.29 is 4.74 Å². The van der Waals surface area contributed by atoms with Gasteiger partial charge in [-0.1, -0.05) is 0 Å². The van der Waals surface area contributed by atoms with Crippen LogP contribution in [0.25, 0.3) is 10.9 Å². The molecule has 3 aromatic rings. The summed E-state index contributed by atoms with van der Waals surface area (Å²) in [5, 5.41) is 5.82. The van der Waals surface area contributed by atoms with Gasteiger partial charge < -0.3 is 9.64 Å². The van der Waals surface area contributed by atoms with E-state index in [9.17, 15) is 0 Å². The van der Waals surface area contributed by atoms with Gasteiger partial charge >= 0.3 is 0 Å². The van der Waals surface area contributed by atoms with Crippen molar-refractivity contribution in [3.63, 3.8) is 0 Å². The quantitative estimate of drug-likeness (QED) is 0.716. The molecule has 5 rings (SSSR count). The lowest BCUT2D eigenvalue weighted by atomic mass is 10.2. The number of ether oxygens (including phenoxy) is 1. The summed E-state index contributed by atoms with van der Waals surface area (Å²) in [6.07, 6.45) is 3.48. The van der Waals surface area contributed by atoms with Crippen molar-refractivity contribution in [2.45, 2.75) is 19.7 Å². The summed E-state index contributed by atoms with van der Waals surface area (Å²) in [6, 6.07) is 8.62. The molecule has 0 radical (unpaired) electrons. The van der Waals surface area contributed by atoms with Crippen LogP contribution in [0.15, 0.2) is 36.8 Å². The Hall–Kier alpha value is -2.51. The van der Waals surface area contributed by atoms with Crippen molar-refractivity contribution in [2.24, 2.45) is 0 Å². The molecule has 0 N–H and O–H groups in total. The van der Waals surface area contributed by atoms with E-state index in [2.05, 4.69) is 48.7 Å². The van der Waals surface area contributed by atoms with E-state index in [0.29, 0.717) is 6.61 Å². The first-order valence-corrected chi connectivity index (χ1v) is 9.15. The standard InChI is InChI=1S/C19H22N6O/c1-2-19-15(11-20-14-21-19)9-17(1)24-5-3-23(4-6-24)12-16-10-18-13-26-8-7-25(18)22-16/h1-2,9-11,14H,3-8,12-13H2. The van der Waals surface area contributed by atoms with Gasteiger partial charge in [-0.2, -0.15) is 5.10 Å². The maximum absolute atomic E-state index is 5.50. The van der Waals surface area contributed by atoms with Crippen LogP contribution >= 0.6 is 0 Å². The zero-order valence-corrected chi connectivity index (χ0v) is 14.7. The Balaban J connectivity index is 1.23. The molecule has 1 saturated heterocycles. The average Bonchev–Trinajstić information content (AvgIpc) is 3.10. The Morgan fingerprint density at radius 3 is 2.85 bits per heavy atom. The summed E-state index contributed by atoms with van der Waals surface area (Å²) in [5.41, 5.74) is 4.60. The Morgan fingerprint density at radius 2 is 1.96 bits per heavy atom. The number of anilines is 1. The molecule has 0 unspecified atom stereocenters. The first-order valence-electron chi connectivity index (χ1n) is 9.15. The molecule has 1 aromatic carbocycles. The molecule has 7 heteroatoms. The summed E-state index contributed by atoms with van der Waals surface area (Å²) < 4.78 is 7.59. The van der Waals surface area contributed by atoms with E-state index < -0.39 is 0 Å². The van der Waals surface area contributed by atoms with E-state index in [1.165, 1.54) is 11.4 Å². The molecule has 0 spiro atoms. The van der Waals surface area contributed by atoms with Gasteiger partial charge in [-0.3, -0.25) is 9.58 Å². The molecule has 7 nitrogen and oxygen atoms in total. The number of nitrogens with zero attached hydrogens (tertiary/aromatic N) is 6. The monoisotopic (exact) mass is 350 g/mol. The van der Waals surface area contributed by atoms with Crippen LogP contribution in [0.3, 0.4) is 0 Å². The van der Waals surface area contributed by atoms with Crippen molar-refractivity contribution in [3.8, 4) is 0 Å². The fraction of sp³-hybridized carbons (Fsp3) is 0.421. The van der Waals surface area contributed by atoms with Crippen LogP contribution in [-0.4, -0.2) is 57.4 Å². The molecular weight excluding hydrogens is 328 g/mol. The number of hydrogen-bond acceptors (Lipinski definition) is 6. The zero-order chi connectivity index (χ0) is 17.3. The highest BCUT2D eigenvalue weighted by atomic mass is 16.5. The van der Waals surface area contributed by atoms with Crippen molar-refractivity contribution in [2.75, 3.05) is 37.7 Å². The molecule has 1 fully saturated rings. The van der Waals surface area contributed by atoms with Crippen LogP contribution in [0.4, 0.5) is 5.69 Å². The van der Waals surface area contributed by atoms with E-state index in [0.717, 1.165) is 62.5 Å². The molecule has 0 atom stereocenters. The second kappa shape index (κ2) is 6.66. The fourth-order valence-corrected chi connectivity index (χ4v) is 3.79. The van der Waals surface area contributed by atoms with Gasteiger partial charge in [0.2, 0.25) is 0 Å². The smallest absolute Gasteiger partial charge is 0.116 e. The Labute approximate surface area is 152 Å². The molecule has 26 heavy (non-hydrogen) atoms. The third-order valence-corrected chi connectivity index (χ3v) is 5.22. The molecule has 134 valence electrons. The van der Waals surface area contributed by atoms with Crippen LogP contribution in [0, 0.1) is 0 Å². The average molecular weight is 350 g/mol. The number of benzene rings is 1. The molecular formula is C19H22N6O. The van der Waals surface area contributed by atoms with Crippen LogP contribution in [0.2, 0.25) is 0 Å². The third kappa shape index (κ3) is 3.04. The van der Waals surface area contributed by atoms with Gasteiger partial charge in [0.15, 0.2) is 0 Å². The molecule has 2 aromatic heterocycles. The van der Waals surface area contributed by atoms with Crippen LogP contribution < -0.4 is 4.90 Å². The molecule has 0 amide bonds. The second-order valence-corrected chi connectivity index (χ2v) is 6.93. The number of fused-ring (bicyclic) bond motifs is 2. The number of aromatic nitrogens is 4. The Kier molecular flexibility index (Phi) is 4.03. The summed E-state index contributed by atoms with van der Waals surface area (Å²) >= 11 is 0. The lowest BCUT2D eigenvalue weighted by molar-refractivity contribution is 0.0799. The van der Waals surface area contributed by atoms with E-state index in [-0.39, 0.29) is 0 Å². The number of hydrogen-bond donors (Lipinski definition) is 0. The minimum absolute atomic E-state index is 0.687. The zero-order valence-electron chi connectivity index (χ0n) is 14.7. The summed E-state index contributed by atoms with van der Waals surface area (Å²) in [4.78, 5) is 13.3. The summed E-state index contributed by atoms with van der Waals surface area (Å²) in [5.74, 6) is 0. The maximum Gasteiger partial charge on any atom is 0.116 e. The minimum Gasteiger partial charge on any atom is -0.373 e. The van der Waals surface area contributed by atoms with Gasteiger partial charge in [-0.25, -0.2) is 9.97 Å². The van der Waals surface area contributed by atoms with Crippen LogP contribution in [0.1, 0.15) is 11.4 Å². The Bertz CT molecular complexity index is 892. The highest BCUT2D eigenvalue weighted by molar-refractivity contribution is 5.81. The molecule has 0 bridgehead atoms. The summed E-state index contributed by atoms with van der Waals surface area (Å²) in [7, 11) is 0. The largest absolute Gasteiger partial charge is 0.373 e. The molecule has 2 aliphatic rings. The minimum atomic E-state index is 0.687. The SMILES string of the molecule is c1ncc2cc(N3CCN(Cc4cc5n(n4)CCOC5)CC3)ccc2n1. The molecule has 4 heterocycles. The predicted molar refractivity (Wildman–Crippen MR) is 98.9 cm³/mol. The van der Waals surface area contributed by atoms with Crippen LogP contribution in [0.5, 0.6) is 0 Å². The van der Waals surface area contributed by atoms with Crippen LogP contribution in [-0.2, 0) is 24.4 Å². The van der Waals surface area contributed by atoms with Gasteiger partial charge in [0.1, 0.15) is 6.33 Å². The lowest BCUT2D eigenvalue weighted by Gasteiger charge is -2.35. The van der Waals surface area contributed by atoms with Gasteiger partial charge in [-0.15, -0.1) is 0 Å². The van der Waals surface area contributed by atoms with Gasteiger partial charge in [-0.05, 0) is 24.3 Å². The van der Waals surface area contributed by atoms with Crippen molar-refractivity contribution in [1.29, 1.82) is 0 Å². The second-order valence-electron chi connectivity index (χ2n) is 6.93. The van der Waals surface area contributed by atoms with Gasteiger partial charge in [0.05, 0.1) is 36.7 Å². The lowest BCUT2D eigenvalue weighted by Crippen LogP contribution is -2.46. The van der Waals surface area contributed by atoms with E-state index in [1.54, 1.807) is 6.33 Å². The van der Waals surface area contributed by atoms with Crippen molar-refractivity contribution in [1.82, 2.24) is 24.6 Å². The molecule has 0 saturated carbocycles. The number of piperazine rings is 1.